The molecule has 6 nitrogen and oxygen atoms in total. The van der Waals surface area contributed by atoms with Gasteiger partial charge in [-0.15, -0.1) is 11.3 Å². The topological polar surface area (TPSA) is 75.7 Å². The van der Waals surface area contributed by atoms with Gasteiger partial charge in [0.1, 0.15) is 11.3 Å². The zero-order valence-corrected chi connectivity index (χ0v) is 15.7. The molecule has 26 heavy (non-hydrogen) atoms. The molecule has 1 fully saturated rings. The van der Waals surface area contributed by atoms with Gasteiger partial charge in [0.15, 0.2) is 5.78 Å². The average molecular weight is 372 g/mol. The summed E-state index contributed by atoms with van der Waals surface area (Å²) in [7, 11) is 1.58. The maximum absolute atomic E-state index is 13.1. The molecule has 1 aromatic carbocycles. The van der Waals surface area contributed by atoms with Crippen LogP contribution in [0.2, 0.25) is 0 Å². The van der Waals surface area contributed by atoms with E-state index in [4.69, 9.17) is 4.74 Å². The fourth-order valence-electron chi connectivity index (χ4n) is 3.21. The molecule has 0 saturated carbocycles. The van der Waals surface area contributed by atoms with E-state index >= 15 is 0 Å². The summed E-state index contributed by atoms with van der Waals surface area (Å²) in [5.74, 6) is 0.0577. The van der Waals surface area contributed by atoms with Crippen molar-refractivity contribution in [2.45, 2.75) is 25.8 Å². The van der Waals surface area contributed by atoms with Crippen LogP contribution in [0.15, 0.2) is 35.7 Å². The Morgan fingerprint density at radius 3 is 2.65 bits per heavy atom. The van der Waals surface area contributed by atoms with Crippen molar-refractivity contribution in [2.75, 3.05) is 13.7 Å². The minimum atomic E-state index is -1.16. The van der Waals surface area contributed by atoms with Crippen molar-refractivity contribution in [1.29, 1.82) is 0 Å². The Labute approximate surface area is 155 Å². The molecule has 1 aromatic heterocycles. The van der Waals surface area contributed by atoms with Crippen molar-refractivity contribution < 1.29 is 19.1 Å². The molecule has 3 rings (SSSR count). The van der Waals surface area contributed by atoms with Crippen LogP contribution in [0.3, 0.4) is 0 Å². The molecule has 1 aliphatic heterocycles. The van der Waals surface area contributed by atoms with Crippen molar-refractivity contribution in [1.82, 2.24) is 10.2 Å². The van der Waals surface area contributed by atoms with Crippen molar-refractivity contribution >= 4 is 29.1 Å². The largest absolute Gasteiger partial charge is 0.496 e. The van der Waals surface area contributed by atoms with E-state index in [0.717, 1.165) is 10.5 Å². The fraction of sp³-hybridized carbons (Fsp3) is 0.316. The van der Waals surface area contributed by atoms with Gasteiger partial charge < -0.3 is 10.1 Å². The Kier molecular flexibility index (Phi) is 4.82. The van der Waals surface area contributed by atoms with Crippen molar-refractivity contribution in [3.05, 3.63) is 51.7 Å². The molecule has 2 heterocycles. The maximum atomic E-state index is 13.1. The van der Waals surface area contributed by atoms with Crippen LogP contribution < -0.4 is 10.1 Å². The van der Waals surface area contributed by atoms with Crippen LogP contribution in [-0.2, 0) is 10.3 Å². The molecule has 0 spiro atoms. The minimum absolute atomic E-state index is 0.249. The number of carbonyl (C=O) groups excluding carboxylic acids is 3. The number of carbonyl (C=O) groups is 3. The van der Waals surface area contributed by atoms with Crippen LogP contribution in [-0.4, -0.2) is 36.3 Å². The molecule has 2 aromatic rings. The molecular weight excluding hydrogens is 352 g/mol. The number of aryl methyl sites for hydroxylation is 1. The van der Waals surface area contributed by atoms with Crippen LogP contribution >= 0.6 is 11.3 Å². The first-order chi connectivity index (χ1) is 12.4. The molecule has 1 atom stereocenters. The Hall–Kier alpha value is -2.67. The molecule has 1 unspecified atom stereocenters. The highest BCUT2D eigenvalue weighted by atomic mass is 32.1. The van der Waals surface area contributed by atoms with Crippen molar-refractivity contribution in [3.8, 4) is 5.75 Å². The number of ketones is 1. The zero-order chi connectivity index (χ0) is 18.9. The first-order valence-corrected chi connectivity index (χ1v) is 9.17. The number of imide groups is 1. The van der Waals surface area contributed by atoms with Crippen LogP contribution in [0, 0.1) is 6.92 Å². The van der Waals surface area contributed by atoms with Gasteiger partial charge in [-0.25, -0.2) is 4.79 Å². The van der Waals surface area contributed by atoms with Gasteiger partial charge in [0.05, 0.1) is 18.5 Å². The summed E-state index contributed by atoms with van der Waals surface area (Å²) in [6, 6.07) is 8.30. The Morgan fingerprint density at radius 2 is 2.08 bits per heavy atom. The second kappa shape index (κ2) is 6.92. The van der Waals surface area contributed by atoms with Gasteiger partial charge in [-0.2, -0.15) is 0 Å². The molecule has 136 valence electrons. The smallest absolute Gasteiger partial charge is 0.325 e. The second-order valence-corrected chi connectivity index (χ2v) is 7.11. The summed E-state index contributed by atoms with van der Waals surface area (Å²) in [5.41, 5.74) is 0.389. The van der Waals surface area contributed by atoms with E-state index in [1.54, 1.807) is 36.8 Å². The van der Waals surface area contributed by atoms with Gasteiger partial charge in [0, 0.05) is 0 Å². The van der Waals surface area contributed by atoms with Gasteiger partial charge in [0.25, 0.3) is 5.91 Å². The summed E-state index contributed by atoms with van der Waals surface area (Å²) in [5, 5.41) is 4.58. The van der Waals surface area contributed by atoms with Crippen molar-refractivity contribution in [3.63, 3.8) is 0 Å². The third-order valence-electron chi connectivity index (χ3n) is 4.69. The Balaban J connectivity index is 1.92. The first-order valence-electron chi connectivity index (χ1n) is 8.29. The number of ether oxygens (including phenoxy) is 1. The maximum Gasteiger partial charge on any atom is 0.325 e. The minimum Gasteiger partial charge on any atom is -0.496 e. The molecule has 0 bridgehead atoms. The molecule has 0 radical (unpaired) electrons. The number of nitrogens with zero attached hydrogens (tertiary/aromatic N) is 1. The summed E-state index contributed by atoms with van der Waals surface area (Å²) < 4.78 is 5.27. The Morgan fingerprint density at radius 1 is 1.31 bits per heavy atom. The molecule has 0 aliphatic carbocycles. The average Bonchev–Trinajstić information content (AvgIpc) is 3.25. The predicted molar refractivity (Wildman–Crippen MR) is 98.6 cm³/mol. The molecule has 3 amide bonds. The van der Waals surface area contributed by atoms with Crippen LogP contribution in [0.1, 0.15) is 34.1 Å². The van der Waals surface area contributed by atoms with E-state index in [1.165, 1.54) is 11.3 Å². The van der Waals surface area contributed by atoms with Crippen molar-refractivity contribution in [2.24, 2.45) is 0 Å². The second-order valence-electron chi connectivity index (χ2n) is 6.17. The number of amides is 3. The molecule has 7 heteroatoms. The monoisotopic (exact) mass is 372 g/mol. The lowest BCUT2D eigenvalue weighted by Crippen LogP contribution is -2.44. The van der Waals surface area contributed by atoms with Gasteiger partial charge in [-0.05, 0) is 48.1 Å². The lowest BCUT2D eigenvalue weighted by atomic mass is 9.86. The van der Waals surface area contributed by atoms with Gasteiger partial charge >= 0.3 is 6.03 Å². The van der Waals surface area contributed by atoms with E-state index in [-0.39, 0.29) is 12.3 Å². The summed E-state index contributed by atoms with van der Waals surface area (Å²) in [4.78, 5) is 39.4. The standard InChI is InChI=1S/C19H20N2O4S/c1-4-19(13-7-8-15(25-3)12(2)10-13)17(23)21(18(24)20-19)11-14(22)16-6-5-9-26-16/h5-10H,4,11H2,1-3H3,(H,20,24). The zero-order valence-electron chi connectivity index (χ0n) is 14.9. The predicted octanol–water partition coefficient (Wildman–Crippen LogP) is 3.11. The summed E-state index contributed by atoms with van der Waals surface area (Å²) in [6.45, 7) is 3.45. The highest BCUT2D eigenvalue weighted by Crippen LogP contribution is 2.34. The highest BCUT2D eigenvalue weighted by Gasteiger charge is 2.51. The number of Topliss-reactive ketones (excluding diaryl/α,β-unsaturated/α-hetero) is 1. The summed E-state index contributed by atoms with van der Waals surface area (Å²) in [6.07, 6.45) is 0.382. The lowest BCUT2D eigenvalue weighted by molar-refractivity contribution is -0.131. The van der Waals surface area contributed by atoms with Gasteiger partial charge in [-0.3, -0.25) is 14.5 Å². The number of urea groups is 1. The molecule has 1 saturated heterocycles. The number of hydrogen-bond donors (Lipinski definition) is 1. The summed E-state index contributed by atoms with van der Waals surface area (Å²) >= 11 is 1.29. The quantitative estimate of drug-likeness (QED) is 0.624. The highest BCUT2D eigenvalue weighted by molar-refractivity contribution is 7.12. The molecule has 1 aliphatic rings. The number of hydrogen-bond acceptors (Lipinski definition) is 5. The van der Waals surface area contributed by atoms with Gasteiger partial charge in [-0.1, -0.05) is 19.1 Å². The first kappa shape index (κ1) is 18.1. The van der Waals surface area contributed by atoms with E-state index in [9.17, 15) is 14.4 Å². The SMILES string of the molecule is CCC1(c2ccc(OC)c(C)c2)NC(=O)N(CC(=O)c2cccs2)C1=O. The van der Waals surface area contributed by atoms with Gasteiger partial charge in [0.2, 0.25) is 0 Å². The molecular formula is C19H20N2O4S. The number of methoxy groups -OCH3 is 1. The number of rotatable bonds is 6. The third-order valence-corrected chi connectivity index (χ3v) is 5.60. The van der Waals surface area contributed by atoms with Crippen LogP contribution in [0.25, 0.3) is 0 Å². The third kappa shape index (κ3) is 2.88. The van der Waals surface area contributed by atoms with E-state index in [2.05, 4.69) is 5.32 Å². The van der Waals surface area contributed by atoms with E-state index in [1.807, 2.05) is 19.9 Å². The normalized spacial score (nSPS) is 19.6. The number of benzene rings is 1. The lowest BCUT2D eigenvalue weighted by Gasteiger charge is -2.26. The number of nitrogens with one attached hydrogen (secondary N) is 1. The number of thiophene rings is 1. The molecule has 1 N–H and O–H groups in total. The fourth-order valence-corrected chi connectivity index (χ4v) is 3.87. The Bertz CT molecular complexity index is 862. The van der Waals surface area contributed by atoms with Crippen LogP contribution in [0.4, 0.5) is 4.79 Å². The van der Waals surface area contributed by atoms with Crippen LogP contribution in [0.5, 0.6) is 5.75 Å². The van der Waals surface area contributed by atoms with E-state index < -0.39 is 17.5 Å². The van der Waals surface area contributed by atoms with E-state index in [0.29, 0.717) is 22.6 Å².